The van der Waals surface area contributed by atoms with Crippen molar-refractivity contribution in [1.82, 2.24) is 14.5 Å². The maximum absolute atomic E-state index is 11.6. The van der Waals surface area contributed by atoms with Gasteiger partial charge in [-0.25, -0.2) is 18.4 Å². The predicted octanol–water partition coefficient (Wildman–Crippen LogP) is 1.99. The number of imidazole rings is 1. The second-order valence-corrected chi connectivity index (χ2v) is 8.04. The Hall–Kier alpha value is -1.43. The fourth-order valence-corrected chi connectivity index (χ4v) is 4.82. The summed E-state index contributed by atoms with van der Waals surface area (Å²) in [5.74, 6) is 1.75. The molecule has 2 aromatic rings. The summed E-state index contributed by atoms with van der Waals surface area (Å²) in [6.45, 7) is 4.20. The molecule has 0 saturated carbocycles. The van der Waals surface area contributed by atoms with Gasteiger partial charge in [0, 0.05) is 18.7 Å². The first kappa shape index (κ1) is 13.5. The highest BCUT2D eigenvalue weighted by Crippen LogP contribution is 2.26. The molecule has 1 unspecified atom stereocenters. The summed E-state index contributed by atoms with van der Waals surface area (Å²) in [4.78, 5) is 9.06. The van der Waals surface area contributed by atoms with Crippen molar-refractivity contribution in [3.05, 3.63) is 24.2 Å². The third kappa shape index (κ3) is 2.44. The Morgan fingerprint density at radius 1 is 1.45 bits per heavy atom. The Morgan fingerprint density at radius 2 is 2.25 bits per heavy atom. The molecule has 0 bridgehead atoms. The molecule has 6 heteroatoms. The molecule has 2 aromatic heterocycles. The largest absolute Gasteiger partial charge is 0.310 e. The third-order valence-corrected chi connectivity index (χ3v) is 5.67. The minimum Gasteiger partial charge on any atom is -0.310 e. The summed E-state index contributed by atoms with van der Waals surface area (Å²) >= 11 is 0. The maximum atomic E-state index is 11.6. The van der Waals surface area contributed by atoms with Gasteiger partial charge < -0.3 is 4.57 Å². The number of hydrogen-bond donors (Lipinski definition) is 0. The fourth-order valence-electron chi connectivity index (χ4n) is 2.95. The Balaban J connectivity index is 1.97. The second-order valence-electron chi connectivity index (χ2n) is 5.81. The molecule has 0 spiro atoms. The van der Waals surface area contributed by atoms with E-state index in [0.29, 0.717) is 17.9 Å². The molecule has 20 heavy (non-hydrogen) atoms. The van der Waals surface area contributed by atoms with Crippen LogP contribution < -0.4 is 0 Å². The molecule has 0 amide bonds. The van der Waals surface area contributed by atoms with Gasteiger partial charge in [-0.05, 0) is 38.3 Å². The molecule has 108 valence electrons. The minimum atomic E-state index is -2.83. The number of hydrogen-bond acceptors (Lipinski definition) is 4. The van der Waals surface area contributed by atoms with Crippen LogP contribution in [0.3, 0.4) is 0 Å². The normalized spacial score (nSPS) is 21.9. The Labute approximate surface area is 119 Å². The molecule has 3 rings (SSSR count). The first-order valence-corrected chi connectivity index (χ1v) is 8.80. The Bertz CT molecular complexity index is 734. The lowest BCUT2D eigenvalue weighted by Crippen LogP contribution is -2.13. The van der Waals surface area contributed by atoms with Crippen molar-refractivity contribution in [2.45, 2.75) is 32.7 Å². The summed E-state index contributed by atoms with van der Waals surface area (Å²) < 4.78 is 25.3. The molecule has 1 atom stereocenters. The van der Waals surface area contributed by atoms with Gasteiger partial charge in [-0.3, -0.25) is 0 Å². The van der Waals surface area contributed by atoms with Crippen LogP contribution in [0, 0.1) is 5.92 Å². The van der Waals surface area contributed by atoms with Crippen molar-refractivity contribution in [2.75, 3.05) is 11.5 Å². The maximum Gasteiger partial charge on any atom is 0.160 e. The van der Waals surface area contributed by atoms with E-state index in [1.165, 1.54) is 0 Å². The third-order valence-electron chi connectivity index (χ3n) is 3.84. The smallest absolute Gasteiger partial charge is 0.160 e. The summed E-state index contributed by atoms with van der Waals surface area (Å²) in [7, 11) is -2.83. The summed E-state index contributed by atoms with van der Waals surface area (Å²) in [6, 6.07) is 4.10. The van der Waals surface area contributed by atoms with E-state index < -0.39 is 9.84 Å². The average molecular weight is 293 g/mol. The molecular weight excluding hydrogens is 274 g/mol. The lowest BCUT2D eigenvalue weighted by molar-refractivity contribution is 0.518. The van der Waals surface area contributed by atoms with Crippen LogP contribution in [-0.2, 0) is 16.3 Å². The van der Waals surface area contributed by atoms with Gasteiger partial charge in [0.15, 0.2) is 15.5 Å². The molecule has 0 radical (unpaired) electrons. The monoisotopic (exact) mass is 293 g/mol. The van der Waals surface area contributed by atoms with E-state index in [1.807, 2.05) is 12.1 Å². The Morgan fingerprint density at radius 3 is 2.90 bits per heavy atom. The van der Waals surface area contributed by atoms with Crippen LogP contribution >= 0.6 is 0 Å². The summed E-state index contributed by atoms with van der Waals surface area (Å²) in [5, 5.41) is 0. The molecule has 1 saturated heterocycles. The van der Waals surface area contributed by atoms with Crippen molar-refractivity contribution >= 4 is 21.0 Å². The zero-order valence-corrected chi connectivity index (χ0v) is 12.6. The highest BCUT2D eigenvalue weighted by molar-refractivity contribution is 7.91. The van der Waals surface area contributed by atoms with Gasteiger partial charge in [-0.15, -0.1) is 0 Å². The number of aromatic nitrogens is 3. The molecule has 0 N–H and O–H groups in total. The summed E-state index contributed by atoms with van der Waals surface area (Å²) in [6.07, 6.45) is 3.23. The van der Waals surface area contributed by atoms with Crippen LogP contribution in [0.15, 0.2) is 18.3 Å². The van der Waals surface area contributed by atoms with E-state index >= 15 is 0 Å². The summed E-state index contributed by atoms with van der Waals surface area (Å²) in [5.41, 5.74) is 1.77. The lowest BCUT2D eigenvalue weighted by Gasteiger charge is -2.14. The van der Waals surface area contributed by atoms with Crippen molar-refractivity contribution < 1.29 is 8.42 Å². The van der Waals surface area contributed by atoms with E-state index in [4.69, 9.17) is 0 Å². The van der Waals surface area contributed by atoms with Crippen LogP contribution in [0.4, 0.5) is 0 Å². The number of nitrogens with zero attached hydrogens (tertiary/aromatic N) is 3. The fraction of sp³-hybridized carbons (Fsp3) is 0.571. The van der Waals surface area contributed by atoms with E-state index in [0.717, 1.165) is 23.4 Å². The molecule has 0 aromatic carbocycles. The minimum absolute atomic E-state index is 0.189. The molecule has 3 heterocycles. The quantitative estimate of drug-likeness (QED) is 0.868. The van der Waals surface area contributed by atoms with Crippen LogP contribution in [0.25, 0.3) is 11.2 Å². The standard InChI is InChI=1S/C14H19N3O2S/c1-10(2)17-13(8-11-5-7-20(18,19)9-11)16-12-4-3-6-15-14(12)17/h3-4,6,10-11H,5,7-9H2,1-2H3. The molecule has 5 nitrogen and oxygen atoms in total. The number of pyridine rings is 1. The van der Waals surface area contributed by atoms with Crippen LogP contribution in [0.5, 0.6) is 0 Å². The zero-order valence-electron chi connectivity index (χ0n) is 11.8. The first-order valence-electron chi connectivity index (χ1n) is 6.98. The number of fused-ring (bicyclic) bond motifs is 1. The van der Waals surface area contributed by atoms with Gasteiger partial charge in [0.2, 0.25) is 0 Å². The Kier molecular flexibility index (Phi) is 3.28. The van der Waals surface area contributed by atoms with Crippen molar-refractivity contribution in [2.24, 2.45) is 5.92 Å². The van der Waals surface area contributed by atoms with Gasteiger partial charge in [-0.1, -0.05) is 0 Å². The highest BCUT2D eigenvalue weighted by Gasteiger charge is 2.29. The van der Waals surface area contributed by atoms with Crippen molar-refractivity contribution in [3.63, 3.8) is 0 Å². The van der Waals surface area contributed by atoms with Gasteiger partial charge in [0.05, 0.1) is 11.5 Å². The molecule has 0 aliphatic carbocycles. The molecular formula is C14H19N3O2S. The van der Waals surface area contributed by atoms with E-state index in [9.17, 15) is 8.42 Å². The predicted molar refractivity (Wildman–Crippen MR) is 78.4 cm³/mol. The zero-order chi connectivity index (χ0) is 14.3. The lowest BCUT2D eigenvalue weighted by atomic mass is 10.0. The van der Waals surface area contributed by atoms with Crippen molar-refractivity contribution in [1.29, 1.82) is 0 Å². The van der Waals surface area contributed by atoms with Gasteiger partial charge in [-0.2, -0.15) is 0 Å². The first-order chi connectivity index (χ1) is 9.46. The molecule has 1 aliphatic rings. The number of sulfone groups is 1. The highest BCUT2D eigenvalue weighted by atomic mass is 32.2. The van der Waals surface area contributed by atoms with Gasteiger partial charge >= 0.3 is 0 Å². The molecule has 1 aliphatic heterocycles. The topological polar surface area (TPSA) is 64.8 Å². The number of rotatable bonds is 3. The van der Waals surface area contributed by atoms with E-state index in [-0.39, 0.29) is 12.0 Å². The van der Waals surface area contributed by atoms with E-state index in [1.54, 1.807) is 6.20 Å². The van der Waals surface area contributed by atoms with Gasteiger partial charge in [0.25, 0.3) is 0 Å². The van der Waals surface area contributed by atoms with Crippen LogP contribution in [0.1, 0.15) is 32.1 Å². The van der Waals surface area contributed by atoms with Gasteiger partial charge in [0.1, 0.15) is 11.3 Å². The van der Waals surface area contributed by atoms with Crippen LogP contribution in [-0.4, -0.2) is 34.5 Å². The van der Waals surface area contributed by atoms with Crippen molar-refractivity contribution in [3.8, 4) is 0 Å². The van der Waals surface area contributed by atoms with Crippen LogP contribution in [0.2, 0.25) is 0 Å². The molecule has 1 fully saturated rings. The SMILES string of the molecule is CC(C)n1c(CC2CCS(=O)(=O)C2)nc2cccnc21. The van der Waals surface area contributed by atoms with E-state index in [2.05, 4.69) is 28.4 Å². The second kappa shape index (κ2) is 4.84. The average Bonchev–Trinajstić information content (AvgIpc) is 2.89.